The van der Waals surface area contributed by atoms with Crippen molar-refractivity contribution in [2.75, 3.05) is 13.1 Å². The first kappa shape index (κ1) is 25.4. The van der Waals surface area contributed by atoms with Gasteiger partial charge in [-0.1, -0.05) is 49.4 Å². The number of benzene rings is 2. The van der Waals surface area contributed by atoms with E-state index in [9.17, 15) is 22.8 Å². The summed E-state index contributed by atoms with van der Waals surface area (Å²) in [7, 11) is -4.00. The summed E-state index contributed by atoms with van der Waals surface area (Å²) in [6.45, 7) is 5.55. The van der Waals surface area contributed by atoms with Crippen LogP contribution in [0.1, 0.15) is 49.5 Å². The summed E-state index contributed by atoms with van der Waals surface area (Å²) in [6, 6.07) is 14.9. The fraction of sp³-hybridized carbons (Fsp3) is 0.400. The molecule has 0 radical (unpaired) electrons. The molecule has 1 heterocycles. The summed E-state index contributed by atoms with van der Waals surface area (Å²) in [5.74, 6) is -1.26. The molecule has 9 heteroatoms. The van der Waals surface area contributed by atoms with E-state index in [0.29, 0.717) is 19.4 Å². The van der Waals surface area contributed by atoms with Gasteiger partial charge in [0.2, 0.25) is 11.8 Å². The minimum Gasteiger partial charge on any atom is -0.352 e. The summed E-state index contributed by atoms with van der Waals surface area (Å²) >= 11 is 0. The Bertz CT molecular complexity index is 1150. The van der Waals surface area contributed by atoms with Gasteiger partial charge in [0, 0.05) is 25.6 Å². The second kappa shape index (κ2) is 10.8. The third-order valence-corrected chi connectivity index (χ3v) is 7.58. The molecule has 1 aliphatic heterocycles. The zero-order valence-corrected chi connectivity index (χ0v) is 20.5. The molecule has 8 nitrogen and oxygen atoms in total. The minimum atomic E-state index is -4.00. The SMILES string of the molecule is CC[C@@H](C(=O)NC(C)C)N(CCc1ccccc1)C(=O)CCN1C(=O)c2ccccc2S1(=O)=O. The average molecular weight is 486 g/mol. The number of fused-ring (bicyclic) bond motifs is 1. The van der Waals surface area contributed by atoms with E-state index in [1.807, 2.05) is 51.1 Å². The monoisotopic (exact) mass is 485 g/mol. The number of carbonyl (C=O) groups excluding carboxylic acids is 3. The van der Waals surface area contributed by atoms with Gasteiger partial charge in [0.1, 0.15) is 10.9 Å². The fourth-order valence-corrected chi connectivity index (χ4v) is 5.64. The van der Waals surface area contributed by atoms with Crippen LogP contribution in [0.4, 0.5) is 0 Å². The maximum Gasteiger partial charge on any atom is 0.269 e. The summed E-state index contributed by atoms with van der Waals surface area (Å²) in [4.78, 5) is 40.3. The van der Waals surface area contributed by atoms with Crippen LogP contribution in [-0.4, -0.2) is 60.5 Å². The number of nitrogens with zero attached hydrogens (tertiary/aromatic N) is 2. The molecule has 3 rings (SSSR count). The topological polar surface area (TPSA) is 104 Å². The Morgan fingerprint density at radius 2 is 1.68 bits per heavy atom. The molecular formula is C25H31N3O5S. The number of carbonyl (C=O) groups is 3. The van der Waals surface area contributed by atoms with Crippen LogP contribution in [0, 0.1) is 0 Å². The Hall–Kier alpha value is -3.20. The lowest BCUT2D eigenvalue weighted by Gasteiger charge is -2.31. The van der Waals surface area contributed by atoms with Crippen molar-refractivity contribution in [3.63, 3.8) is 0 Å². The van der Waals surface area contributed by atoms with Crippen molar-refractivity contribution < 1.29 is 22.8 Å². The van der Waals surface area contributed by atoms with Crippen LogP contribution in [0.2, 0.25) is 0 Å². The Morgan fingerprint density at radius 3 is 2.29 bits per heavy atom. The summed E-state index contributed by atoms with van der Waals surface area (Å²) in [5, 5.41) is 2.86. The van der Waals surface area contributed by atoms with Crippen LogP contribution in [0.25, 0.3) is 0 Å². The highest BCUT2D eigenvalue weighted by molar-refractivity contribution is 7.90. The Labute approximate surface area is 201 Å². The molecule has 0 bridgehead atoms. The standard InChI is InChI=1S/C25H31N3O5S/c1-4-21(24(30)26-18(2)3)27(16-14-19-10-6-5-7-11-19)23(29)15-17-28-25(31)20-12-8-9-13-22(20)34(28,32)33/h5-13,18,21H,4,14-17H2,1-3H3,(H,26,30)/t21-/m0/s1. The van der Waals surface area contributed by atoms with Gasteiger partial charge in [-0.25, -0.2) is 12.7 Å². The molecule has 0 spiro atoms. The zero-order chi connectivity index (χ0) is 24.9. The lowest BCUT2D eigenvalue weighted by atomic mass is 10.1. The van der Waals surface area contributed by atoms with Crippen LogP contribution in [0.5, 0.6) is 0 Å². The first-order chi connectivity index (χ1) is 16.2. The molecule has 2 aromatic rings. The highest BCUT2D eigenvalue weighted by Crippen LogP contribution is 2.30. The van der Waals surface area contributed by atoms with Gasteiger partial charge in [-0.2, -0.15) is 0 Å². The van der Waals surface area contributed by atoms with E-state index in [0.717, 1.165) is 9.87 Å². The molecule has 182 valence electrons. The number of sulfonamides is 1. The third kappa shape index (κ3) is 5.47. The molecule has 34 heavy (non-hydrogen) atoms. The third-order valence-electron chi connectivity index (χ3n) is 5.74. The maximum absolute atomic E-state index is 13.3. The van der Waals surface area contributed by atoms with Crippen molar-refractivity contribution in [1.82, 2.24) is 14.5 Å². The van der Waals surface area contributed by atoms with Crippen molar-refractivity contribution in [1.29, 1.82) is 0 Å². The van der Waals surface area contributed by atoms with Gasteiger partial charge < -0.3 is 10.2 Å². The first-order valence-corrected chi connectivity index (χ1v) is 12.9. The Balaban J connectivity index is 1.78. The molecule has 1 N–H and O–H groups in total. The van der Waals surface area contributed by atoms with E-state index in [-0.39, 0.29) is 41.3 Å². The van der Waals surface area contributed by atoms with Gasteiger partial charge >= 0.3 is 0 Å². The zero-order valence-electron chi connectivity index (χ0n) is 19.7. The number of amides is 3. The smallest absolute Gasteiger partial charge is 0.269 e. The molecule has 0 aliphatic carbocycles. The fourth-order valence-electron chi connectivity index (χ4n) is 4.07. The van der Waals surface area contributed by atoms with Crippen LogP contribution < -0.4 is 5.32 Å². The molecular weight excluding hydrogens is 454 g/mol. The van der Waals surface area contributed by atoms with Crippen molar-refractivity contribution in [2.24, 2.45) is 0 Å². The molecule has 0 unspecified atom stereocenters. The Morgan fingerprint density at radius 1 is 1.03 bits per heavy atom. The van der Waals surface area contributed by atoms with Crippen molar-refractivity contribution >= 4 is 27.7 Å². The molecule has 1 aliphatic rings. The maximum atomic E-state index is 13.3. The Kier molecular flexibility index (Phi) is 8.09. The molecule has 1 atom stereocenters. The van der Waals surface area contributed by atoms with E-state index < -0.39 is 22.0 Å². The van der Waals surface area contributed by atoms with Crippen molar-refractivity contribution in [3.05, 3.63) is 65.7 Å². The molecule has 0 saturated heterocycles. The molecule has 3 amide bonds. The predicted molar refractivity (Wildman–Crippen MR) is 128 cm³/mol. The van der Waals surface area contributed by atoms with Gasteiger partial charge in [0.15, 0.2) is 0 Å². The number of hydrogen-bond acceptors (Lipinski definition) is 5. The second-order valence-electron chi connectivity index (χ2n) is 8.54. The highest BCUT2D eigenvalue weighted by atomic mass is 32.2. The lowest BCUT2D eigenvalue weighted by molar-refractivity contribution is -0.141. The van der Waals surface area contributed by atoms with E-state index in [4.69, 9.17) is 0 Å². The minimum absolute atomic E-state index is 0.0453. The number of rotatable bonds is 10. The van der Waals surface area contributed by atoms with E-state index >= 15 is 0 Å². The van der Waals surface area contributed by atoms with Crippen molar-refractivity contribution in [2.45, 2.75) is 57.0 Å². The number of nitrogens with one attached hydrogen (secondary N) is 1. The molecule has 2 aromatic carbocycles. The second-order valence-corrected chi connectivity index (χ2v) is 10.4. The van der Waals surface area contributed by atoms with Gasteiger partial charge in [0.25, 0.3) is 15.9 Å². The number of hydrogen-bond donors (Lipinski definition) is 1. The average Bonchev–Trinajstić information content (AvgIpc) is 3.00. The van der Waals surface area contributed by atoms with Gasteiger partial charge in [-0.15, -0.1) is 0 Å². The summed E-state index contributed by atoms with van der Waals surface area (Å²) in [5.41, 5.74) is 1.13. The largest absolute Gasteiger partial charge is 0.352 e. The van der Waals surface area contributed by atoms with Crippen LogP contribution >= 0.6 is 0 Å². The first-order valence-electron chi connectivity index (χ1n) is 11.5. The summed E-state index contributed by atoms with van der Waals surface area (Å²) < 4.78 is 26.4. The quantitative estimate of drug-likeness (QED) is 0.557. The van der Waals surface area contributed by atoms with Crippen molar-refractivity contribution in [3.8, 4) is 0 Å². The van der Waals surface area contributed by atoms with Crippen LogP contribution in [-0.2, 0) is 26.0 Å². The van der Waals surface area contributed by atoms with E-state index in [1.165, 1.54) is 17.0 Å². The van der Waals surface area contributed by atoms with Gasteiger partial charge in [0.05, 0.1) is 5.56 Å². The van der Waals surface area contributed by atoms with E-state index in [2.05, 4.69) is 5.32 Å². The molecule has 0 fully saturated rings. The predicted octanol–water partition coefficient (Wildman–Crippen LogP) is 2.60. The van der Waals surface area contributed by atoms with Gasteiger partial charge in [-0.3, -0.25) is 14.4 Å². The summed E-state index contributed by atoms with van der Waals surface area (Å²) in [6.07, 6.45) is 0.745. The van der Waals surface area contributed by atoms with Crippen LogP contribution in [0.15, 0.2) is 59.5 Å². The molecule has 0 saturated carbocycles. The molecule has 0 aromatic heterocycles. The van der Waals surface area contributed by atoms with Gasteiger partial charge in [-0.05, 0) is 44.4 Å². The van der Waals surface area contributed by atoms with E-state index in [1.54, 1.807) is 12.1 Å². The normalized spacial score (nSPS) is 15.2. The lowest BCUT2D eigenvalue weighted by Crippen LogP contribution is -2.52. The highest BCUT2D eigenvalue weighted by Gasteiger charge is 2.41. The van der Waals surface area contributed by atoms with Crippen LogP contribution in [0.3, 0.4) is 0 Å².